The summed E-state index contributed by atoms with van der Waals surface area (Å²) in [5.74, 6) is 0.713. The highest BCUT2D eigenvalue weighted by atomic mass is 14.9. The molecule has 1 aromatic carbocycles. The number of aryl methyl sites for hydroxylation is 1. The summed E-state index contributed by atoms with van der Waals surface area (Å²) < 4.78 is 0. The largest absolute Gasteiger partial charge is 0.383 e. The standard InChI is InChI=1S/C15H20N2/c1-11(2)15(6-7-15)10-17-14-8-12(3)4-5-13(14)9-16/h4-5,8,11,17H,6-7,10H2,1-3H3. The van der Waals surface area contributed by atoms with Crippen molar-refractivity contribution in [2.24, 2.45) is 11.3 Å². The summed E-state index contributed by atoms with van der Waals surface area (Å²) in [5.41, 5.74) is 3.40. The van der Waals surface area contributed by atoms with E-state index in [0.29, 0.717) is 11.3 Å². The van der Waals surface area contributed by atoms with E-state index in [1.807, 2.05) is 12.1 Å². The molecule has 1 aromatic rings. The van der Waals surface area contributed by atoms with Crippen molar-refractivity contribution in [3.05, 3.63) is 29.3 Å². The number of benzene rings is 1. The molecule has 2 nitrogen and oxygen atoms in total. The van der Waals surface area contributed by atoms with Crippen LogP contribution in [0.15, 0.2) is 18.2 Å². The van der Waals surface area contributed by atoms with Gasteiger partial charge in [0.25, 0.3) is 0 Å². The number of rotatable bonds is 4. The molecule has 0 aromatic heterocycles. The van der Waals surface area contributed by atoms with E-state index in [-0.39, 0.29) is 0 Å². The van der Waals surface area contributed by atoms with Crippen LogP contribution in [0.5, 0.6) is 0 Å². The molecular formula is C15H20N2. The maximum Gasteiger partial charge on any atom is 0.101 e. The van der Waals surface area contributed by atoms with Crippen LogP contribution in [0.3, 0.4) is 0 Å². The summed E-state index contributed by atoms with van der Waals surface area (Å²) in [6.45, 7) is 7.62. The highest BCUT2D eigenvalue weighted by molar-refractivity contribution is 5.59. The van der Waals surface area contributed by atoms with Gasteiger partial charge in [-0.25, -0.2) is 0 Å². The van der Waals surface area contributed by atoms with E-state index >= 15 is 0 Å². The summed E-state index contributed by atoms with van der Waals surface area (Å²) in [5, 5.41) is 12.5. The number of nitriles is 1. The molecule has 2 rings (SSSR count). The van der Waals surface area contributed by atoms with Crippen molar-refractivity contribution in [2.45, 2.75) is 33.6 Å². The van der Waals surface area contributed by atoms with Gasteiger partial charge >= 0.3 is 0 Å². The average molecular weight is 228 g/mol. The lowest BCUT2D eigenvalue weighted by Gasteiger charge is -2.21. The van der Waals surface area contributed by atoms with Crippen LogP contribution in [0.2, 0.25) is 0 Å². The molecule has 0 unspecified atom stereocenters. The van der Waals surface area contributed by atoms with Gasteiger partial charge in [-0.2, -0.15) is 5.26 Å². The van der Waals surface area contributed by atoms with Crippen molar-refractivity contribution in [3.63, 3.8) is 0 Å². The first-order chi connectivity index (χ1) is 8.07. The lowest BCUT2D eigenvalue weighted by molar-refractivity contribution is 0.380. The van der Waals surface area contributed by atoms with Crippen LogP contribution in [0.4, 0.5) is 5.69 Å². The molecule has 0 amide bonds. The smallest absolute Gasteiger partial charge is 0.101 e. The SMILES string of the molecule is Cc1ccc(C#N)c(NCC2(C(C)C)CC2)c1. The van der Waals surface area contributed by atoms with E-state index in [4.69, 9.17) is 5.26 Å². The van der Waals surface area contributed by atoms with Gasteiger partial charge in [0.15, 0.2) is 0 Å². The van der Waals surface area contributed by atoms with Crippen molar-refractivity contribution in [1.29, 1.82) is 5.26 Å². The second-order valence-electron chi connectivity index (χ2n) is 5.53. The Balaban J connectivity index is 2.09. The van der Waals surface area contributed by atoms with Gasteiger partial charge in [-0.3, -0.25) is 0 Å². The van der Waals surface area contributed by atoms with E-state index < -0.39 is 0 Å². The van der Waals surface area contributed by atoms with E-state index in [2.05, 4.69) is 38.2 Å². The zero-order chi connectivity index (χ0) is 12.5. The molecule has 0 radical (unpaired) electrons. The van der Waals surface area contributed by atoms with E-state index in [0.717, 1.165) is 17.8 Å². The van der Waals surface area contributed by atoms with Crippen LogP contribution in [-0.2, 0) is 0 Å². The third-order valence-corrected chi connectivity index (χ3v) is 4.04. The van der Waals surface area contributed by atoms with Crippen LogP contribution >= 0.6 is 0 Å². The fraction of sp³-hybridized carbons (Fsp3) is 0.533. The summed E-state index contributed by atoms with van der Waals surface area (Å²) in [7, 11) is 0. The fourth-order valence-electron chi connectivity index (χ4n) is 2.29. The third-order valence-electron chi connectivity index (χ3n) is 4.04. The maximum absolute atomic E-state index is 9.07. The van der Waals surface area contributed by atoms with Crippen LogP contribution in [0.25, 0.3) is 0 Å². The molecule has 0 bridgehead atoms. The van der Waals surface area contributed by atoms with Crippen molar-refractivity contribution in [1.82, 2.24) is 0 Å². The van der Waals surface area contributed by atoms with Gasteiger partial charge in [0, 0.05) is 6.54 Å². The molecule has 0 saturated heterocycles. The second kappa shape index (κ2) is 4.41. The van der Waals surface area contributed by atoms with Crippen LogP contribution in [-0.4, -0.2) is 6.54 Å². The minimum Gasteiger partial charge on any atom is -0.383 e. The number of nitrogens with zero attached hydrogens (tertiary/aromatic N) is 1. The highest BCUT2D eigenvalue weighted by Gasteiger charge is 2.44. The first-order valence-electron chi connectivity index (χ1n) is 6.32. The Morgan fingerprint density at radius 3 is 2.65 bits per heavy atom. The van der Waals surface area contributed by atoms with Gasteiger partial charge in [0.1, 0.15) is 6.07 Å². The van der Waals surface area contributed by atoms with Crippen molar-refractivity contribution < 1.29 is 0 Å². The van der Waals surface area contributed by atoms with E-state index in [9.17, 15) is 0 Å². The molecular weight excluding hydrogens is 208 g/mol. The number of hydrogen-bond donors (Lipinski definition) is 1. The van der Waals surface area contributed by atoms with Crippen LogP contribution in [0.1, 0.15) is 37.8 Å². The Morgan fingerprint density at radius 1 is 1.41 bits per heavy atom. The maximum atomic E-state index is 9.07. The quantitative estimate of drug-likeness (QED) is 0.852. The molecule has 0 atom stereocenters. The number of nitrogens with one attached hydrogen (secondary N) is 1. The molecule has 1 N–H and O–H groups in total. The molecule has 90 valence electrons. The molecule has 2 heteroatoms. The zero-order valence-corrected chi connectivity index (χ0v) is 10.9. The summed E-state index contributed by atoms with van der Waals surface area (Å²) in [6.07, 6.45) is 2.62. The van der Waals surface area contributed by atoms with Crippen LogP contribution in [0, 0.1) is 29.6 Å². The number of hydrogen-bond acceptors (Lipinski definition) is 2. The van der Waals surface area contributed by atoms with Gasteiger partial charge in [-0.15, -0.1) is 0 Å². The summed E-state index contributed by atoms with van der Waals surface area (Å²) >= 11 is 0. The molecule has 1 saturated carbocycles. The van der Waals surface area contributed by atoms with Gasteiger partial charge < -0.3 is 5.32 Å². The van der Waals surface area contributed by atoms with Gasteiger partial charge in [-0.05, 0) is 48.8 Å². The van der Waals surface area contributed by atoms with E-state index in [1.165, 1.54) is 18.4 Å². The topological polar surface area (TPSA) is 35.8 Å². The molecule has 0 aliphatic heterocycles. The van der Waals surface area contributed by atoms with E-state index in [1.54, 1.807) is 0 Å². The molecule has 17 heavy (non-hydrogen) atoms. The molecule has 1 aliphatic rings. The summed E-state index contributed by atoms with van der Waals surface area (Å²) in [4.78, 5) is 0. The van der Waals surface area contributed by atoms with Crippen LogP contribution < -0.4 is 5.32 Å². The minimum atomic E-state index is 0.469. The van der Waals surface area contributed by atoms with Crippen molar-refractivity contribution >= 4 is 5.69 Å². The van der Waals surface area contributed by atoms with Gasteiger partial charge in [0.05, 0.1) is 11.3 Å². The monoisotopic (exact) mass is 228 g/mol. The Kier molecular flexibility index (Phi) is 3.11. The molecule has 1 fully saturated rings. The third kappa shape index (κ3) is 2.44. The van der Waals surface area contributed by atoms with Crippen molar-refractivity contribution in [2.75, 3.05) is 11.9 Å². The lowest BCUT2D eigenvalue weighted by atomic mass is 9.92. The predicted octanol–water partition coefficient (Wildman–Crippen LogP) is 3.71. The second-order valence-corrected chi connectivity index (χ2v) is 5.53. The highest BCUT2D eigenvalue weighted by Crippen LogP contribution is 2.51. The first kappa shape index (κ1) is 12.0. The predicted molar refractivity (Wildman–Crippen MR) is 70.9 cm³/mol. The normalized spacial score (nSPS) is 16.6. The number of anilines is 1. The minimum absolute atomic E-state index is 0.469. The zero-order valence-electron chi connectivity index (χ0n) is 10.9. The Morgan fingerprint density at radius 2 is 2.12 bits per heavy atom. The van der Waals surface area contributed by atoms with Gasteiger partial charge in [0.2, 0.25) is 0 Å². The lowest BCUT2D eigenvalue weighted by Crippen LogP contribution is -2.21. The molecule has 0 spiro atoms. The van der Waals surface area contributed by atoms with Crippen molar-refractivity contribution in [3.8, 4) is 6.07 Å². The van der Waals surface area contributed by atoms with Gasteiger partial charge in [-0.1, -0.05) is 19.9 Å². The Hall–Kier alpha value is -1.49. The fourth-order valence-corrected chi connectivity index (χ4v) is 2.29. The first-order valence-corrected chi connectivity index (χ1v) is 6.32. The Bertz CT molecular complexity index is 450. The summed E-state index contributed by atoms with van der Waals surface area (Å²) in [6, 6.07) is 8.19. The average Bonchev–Trinajstić information content (AvgIpc) is 3.07. The Labute approximate surface area is 104 Å². The molecule has 1 aliphatic carbocycles. The molecule has 0 heterocycles.